The van der Waals surface area contributed by atoms with Crippen LogP contribution in [0, 0.1) is 0 Å². The molecule has 0 aliphatic rings. The van der Waals surface area contributed by atoms with E-state index >= 15 is 0 Å². The van der Waals surface area contributed by atoms with E-state index in [4.69, 9.17) is 4.74 Å². The van der Waals surface area contributed by atoms with Crippen LogP contribution in [0.15, 0.2) is 18.0 Å². The second kappa shape index (κ2) is 3.44. The predicted molar refractivity (Wildman–Crippen MR) is 49.9 cm³/mol. The highest BCUT2D eigenvalue weighted by Gasteiger charge is 2.05. The molecule has 0 unspecified atom stereocenters. The Balaban J connectivity index is 2.92. The van der Waals surface area contributed by atoms with Crippen molar-refractivity contribution in [3.63, 3.8) is 0 Å². The first-order valence-corrected chi connectivity index (χ1v) is 4.16. The average Bonchev–Trinajstić information content (AvgIpc) is 2.50. The molecule has 0 amide bonds. The first-order valence-electron chi connectivity index (χ1n) is 3.28. The molecule has 0 saturated carbocycles. The van der Waals surface area contributed by atoms with Crippen LogP contribution in [0.2, 0.25) is 0 Å². The lowest BCUT2D eigenvalue weighted by Gasteiger charge is -2.03. The number of hydrogen-bond acceptors (Lipinski definition) is 3. The normalized spacial score (nSPS) is 9.27. The van der Waals surface area contributed by atoms with Crippen LogP contribution < -0.4 is 5.32 Å². The number of nitrogens with one attached hydrogen (secondary N) is 1. The molecule has 60 valence electrons. The molecule has 0 aromatic carbocycles. The molecule has 0 atom stereocenters. The SMILES string of the molecule is C=C(OC)c1sccc1NC. The van der Waals surface area contributed by atoms with Crippen LogP contribution in [0.5, 0.6) is 0 Å². The summed E-state index contributed by atoms with van der Waals surface area (Å²) in [6.07, 6.45) is 0. The fourth-order valence-electron chi connectivity index (χ4n) is 0.815. The Bertz CT molecular complexity index is 254. The van der Waals surface area contributed by atoms with Crippen LogP contribution in [-0.4, -0.2) is 14.2 Å². The van der Waals surface area contributed by atoms with E-state index in [-0.39, 0.29) is 0 Å². The summed E-state index contributed by atoms with van der Waals surface area (Å²) in [5, 5.41) is 5.07. The smallest absolute Gasteiger partial charge is 0.130 e. The van der Waals surface area contributed by atoms with E-state index in [0.717, 1.165) is 10.6 Å². The Morgan fingerprint density at radius 3 is 3.00 bits per heavy atom. The average molecular weight is 169 g/mol. The molecule has 1 aromatic heterocycles. The van der Waals surface area contributed by atoms with Gasteiger partial charge >= 0.3 is 0 Å². The fourth-order valence-corrected chi connectivity index (χ4v) is 1.67. The van der Waals surface area contributed by atoms with E-state index in [9.17, 15) is 0 Å². The largest absolute Gasteiger partial charge is 0.496 e. The molecule has 2 nitrogen and oxygen atoms in total. The number of hydrogen-bond donors (Lipinski definition) is 1. The van der Waals surface area contributed by atoms with E-state index in [1.54, 1.807) is 18.4 Å². The Morgan fingerprint density at radius 1 is 1.73 bits per heavy atom. The molecule has 1 rings (SSSR count). The summed E-state index contributed by atoms with van der Waals surface area (Å²) in [5.74, 6) is 0.712. The molecule has 1 N–H and O–H groups in total. The molecule has 0 aliphatic carbocycles. The van der Waals surface area contributed by atoms with Gasteiger partial charge in [-0.3, -0.25) is 0 Å². The highest BCUT2D eigenvalue weighted by atomic mass is 32.1. The number of anilines is 1. The second-order valence-corrected chi connectivity index (χ2v) is 2.96. The maximum Gasteiger partial charge on any atom is 0.130 e. The molecule has 0 radical (unpaired) electrons. The second-order valence-electron chi connectivity index (χ2n) is 2.04. The lowest BCUT2D eigenvalue weighted by atomic mass is 10.3. The van der Waals surface area contributed by atoms with Gasteiger partial charge in [-0.25, -0.2) is 0 Å². The van der Waals surface area contributed by atoms with Gasteiger partial charge in [0, 0.05) is 7.05 Å². The first kappa shape index (κ1) is 8.14. The number of rotatable bonds is 3. The molecule has 1 aromatic rings. The van der Waals surface area contributed by atoms with E-state index in [2.05, 4.69) is 11.9 Å². The molecule has 0 spiro atoms. The van der Waals surface area contributed by atoms with Crippen molar-refractivity contribution in [2.75, 3.05) is 19.5 Å². The van der Waals surface area contributed by atoms with E-state index in [1.807, 2.05) is 18.5 Å². The molecule has 3 heteroatoms. The van der Waals surface area contributed by atoms with Gasteiger partial charge in [-0.2, -0.15) is 0 Å². The topological polar surface area (TPSA) is 21.3 Å². The van der Waals surface area contributed by atoms with E-state index < -0.39 is 0 Å². The van der Waals surface area contributed by atoms with Crippen LogP contribution >= 0.6 is 11.3 Å². The standard InChI is InChI=1S/C8H11NOS/c1-6(10-3)8-7(9-2)4-5-11-8/h4-5,9H,1H2,2-3H3. The summed E-state index contributed by atoms with van der Waals surface area (Å²) in [4.78, 5) is 1.06. The number of methoxy groups -OCH3 is 1. The van der Waals surface area contributed by atoms with Gasteiger partial charge in [-0.05, 0) is 11.4 Å². The highest BCUT2D eigenvalue weighted by Crippen LogP contribution is 2.28. The number of thiophene rings is 1. The first-order chi connectivity index (χ1) is 5.29. The van der Waals surface area contributed by atoms with Crippen LogP contribution in [0.1, 0.15) is 4.88 Å². The van der Waals surface area contributed by atoms with Gasteiger partial charge in [0.1, 0.15) is 5.76 Å². The minimum absolute atomic E-state index is 0.712. The highest BCUT2D eigenvalue weighted by molar-refractivity contribution is 7.11. The van der Waals surface area contributed by atoms with E-state index in [0.29, 0.717) is 5.76 Å². The summed E-state index contributed by atoms with van der Waals surface area (Å²) in [6, 6.07) is 2.00. The Morgan fingerprint density at radius 2 is 2.45 bits per heavy atom. The molecule has 11 heavy (non-hydrogen) atoms. The van der Waals surface area contributed by atoms with Gasteiger partial charge in [0.25, 0.3) is 0 Å². The minimum Gasteiger partial charge on any atom is -0.496 e. The maximum absolute atomic E-state index is 5.01. The predicted octanol–water partition coefficient (Wildman–Crippen LogP) is 2.41. The van der Waals surface area contributed by atoms with Gasteiger partial charge < -0.3 is 10.1 Å². The molecule has 1 heterocycles. The van der Waals surface area contributed by atoms with Crippen molar-refractivity contribution in [3.05, 3.63) is 22.9 Å². The zero-order chi connectivity index (χ0) is 8.27. The van der Waals surface area contributed by atoms with Crippen molar-refractivity contribution in [1.29, 1.82) is 0 Å². The molecule has 0 saturated heterocycles. The van der Waals surface area contributed by atoms with Gasteiger partial charge in [-0.1, -0.05) is 6.58 Å². The lowest BCUT2D eigenvalue weighted by molar-refractivity contribution is 0.373. The van der Waals surface area contributed by atoms with Gasteiger partial charge in [0.2, 0.25) is 0 Å². The number of ether oxygens (including phenoxy) is 1. The summed E-state index contributed by atoms with van der Waals surface area (Å²) < 4.78 is 5.01. The Kier molecular flexibility index (Phi) is 2.54. The molecule has 0 bridgehead atoms. The molecular formula is C8H11NOS. The van der Waals surface area contributed by atoms with Gasteiger partial charge in [0.15, 0.2) is 0 Å². The van der Waals surface area contributed by atoms with Crippen molar-refractivity contribution in [1.82, 2.24) is 0 Å². The van der Waals surface area contributed by atoms with Crippen LogP contribution in [0.3, 0.4) is 0 Å². The van der Waals surface area contributed by atoms with Crippen LogP contribution in [0.4, 0.5) is 5.69 Å². The zero-order valence-corrected chi connectivity index (χ0v) is 7.49. The summed E-state index contributed by atoms with van der Waals surface area (Å²) in [6.45, 7) is 3.77. The zero-order valence-electron chi connectivity index (χ0n) is 6.68. The molecule has 0 fully saturated rings. The summed E-state index contributed by atoms with van der Waals surface area (Å²) in [7, 11) is 3.51. The maximum atomic E-state index is 5.01. The van der Waals surface area contributed by atoms with Gasteiger partial charge in [-0.15, -0.1) is 11.3 Å². The minimum atomic E-state index is 0.712. The monoisotopic (exact) mass is 169 g/mol. The Labute approximate surface area is 70.5 Å². The van der Waals surface area contributed by atoms with Crippen molar-refractivity contribution in [3.8, 4) is 0 Å². The van der Waals surface area contributed by atoms with Crippen molar-refractivity contribution in [2.24, 2.45) is 0 Å². The Hall–Kier alpha value is -0.960. The van der Waals surface area contributed by atoms with E-state index in [1.165, 1.54) is 0 Å². The summed E-state index contributed by atoms with van der Waals surface area (Å²) in [5.41, 5.74) is 1.07. The van der Waals surface area contributed by atoms with Crippen LogP contribution in [0.25, 0.3) is 5.76 Å². The quantitative estimate of drug-likeness (QED) is 0.701. The van der Waals surface area contributed by atoms with Gasteiger partial charge in [0.05, 0.1) is 17.7 Å². The third-order valence-electron chi connectivity index (χ3n) is 1.43. The fraction of sp³-hybridized carbons (Fsp3) is 0.250. The third-order valence-corrected chi connectivity index (χ3v) is 2.39. The summed E-state index contributed by atoms with van der Waals surface area (Å²) >= 11 is 1.62. The lowest BCUT2D eigenvalue weighted by Crippen LogP contribution is -1.90. The van der Waals surface area contributed by atoms with Crippen molar-refractivity contribution < 1.29 is 4.74 Å². The molecular weight excluding hydrogens is 158 g/mol. The van der Waals surface area contributed by atoms with Crippen LogP contribution in [-0.2, 0) is 4.74 Å². The molecule has 0 aliphatic heterocycles. The third kappa shape index (κ3) is 1.54. The van der Waals surface area contributed by atoms with Crippen molar-refractivity contribution in [2.45, 2.75) is 0 Å². The van der Waals surface area contributed by atoms with Crippen molar-refractivity contribution >= 4 is 22.8 Å².